The molecule has 0 aromatic heterocycles. The zero-order chi connectivity index (χ0) is 58.5. The zero-order valence-electron chi connectivity index (χ0n) is 54.8. The normalized spacial score (nSPS) is 12.7. The SMILES string of the molecule is CCCCC/C=C\C/C=C\CCCCCCCCCCCC(=O)OCCCCCCCCCCCC/C=C\CCCCCCCCCC(=O)NC(CO)C(O)CCCCCCCCCCCCCCCCCCCCCCCCCC. The number of aliphatic hydroxyl groups excluding tert-OH is 2. The van der Waals surface area contributed by atoms with Crippen molar-refractivity contribution in [2.75, 3.05) is 13.2 Å². The maximum atomic E-state index is 12.6. The summed E-state index contributed by atoms with van der Waals surface area (Å²) < 4.78 is 5.50. The highest BCUT2D eigenvalue weighted by Crippen LogP contribution is 2.19. The fourth-order valence-electron chi connectivity index (χ4n) is 11.6. The van der Waals surface area contributed by atoms with Crippen LogP contribution in [-0.4, -0.2) is 47.4 Å². The van der Waals surface area contributed by atoms with Gasteiger partial charge in [0.05, 0.1) is 25.4 Å². The van der Waals surface area contributed by atoms with Crippen LogP contribution in [-0.2, 0) is 14.3 Å². The molecule has 2 unspecified atom stereocenters. The molecule has 3 N–H and O–H groups in total. The lowest BCUT2D eigenvalue weighted by Gasteiger charge is -2.22. The van der Waals surface area contributed by atoms with Gasteiger partial charge in [0.2, 0.25) is 5.91 Å². The van der Waals surface area contributed by atoms with Gasteiger partial charge >= 0.3 is 5.97 Å². The molecule has 1 amide bonds. The van der Waals surface area contributed by atoms with Crippen molar-refractivity contribution in [1.82, 2.24) is 5.32 Å². The lowest BCUT2D eigenvalue weighted by Crippen LogP contribution is -2.45. The number of carbonyl (C=O) groups excluding carboxylic acids is 2. The van der Waals surface area contributed by atoms with E-state index in [0.29, 0.717) is 25.9 Å². The number of allylic oxidation sites excluding steroid dienone is 6. The molecule has 0 heterocycles. The average Bonchev–Trinajstić information content (AvgIpc) is 3.47. The van der Waals surface area contributed by atoms with Crippen LogP contribution in [0.3, 0.4) is 0 Å². The number of hydrogen-bond acceptors (Lipinski definition) is 5. The van der Waals surface area contributed by atoms with Crippen LogP contribution in [0.5, 0.6) is 0 Å². The van der Waals surface area contributed by atoms with Crippen LogP contribution in [0.4, 0.5) is 0 Å². The van der Waals surface area contributed by atoms with Gasteiger partial charge in [0.25, 0.3) is 0 Å². The van der Waals surface area contributed by atoms with E-state index < -0.39 is 12.1 Å². The van der Waals surface area contributed by atoms with Gasteiger partial charge < -0.3 is 20.3 Å². The van der Waals surface area contributed by atoms with E-state index in [1.807, 2.05) is 0 Å². The molecule has 0 saturated carbocycles. The fraction of sp³-hybridized carbons (Fsp3) is 0.893. The van der Waals surface area contributed by atoms with Gasteiger partial charge in [-0.15, -0.1) is 0 Å². The monoisotopic (exact) mass is 1140 g/mol. The number of carbonyl (C=O) groups is 2. The van der Waals surface area contributed by atoms with Crippen LogP contribution in [0.25, 0.3) is 0 Å². The van der Waals surface area contributed by atoms with Crippen molar-refractivity contribution in [3.05, 3.63) is 36.5 Å². The van der Waals surface area contributed by atoms with E-state index in [-0.39, 0.29) is 18.5 Å². The van der Waals surface area contributed by atoms with Gasteiger partial charge in [-0.3, -0.25) is 9.59 Å². The van der Waals surface area contributed by atoms with Gasteiger partial charge in [0.15, 0.2) is 0 Å². The largest absolute Gasteiger partial charge is 0.466 e. The maximum Gasteiger partial charge on any atom is 0.305 e. The molecule has 0 saturated heterocycles. The number of amides is 1. The fourth-order valence-corrected chi connectivity index (χ4v) is 11.6. The average molecular weight is 1140 g/mol. The third-order valence-corrected chi connectivity index (χ3v) is 17.2. The minimum absolute atomic E-state index is 0.00538. The summed E-state index contributed by atoms with van der Waals surface area (Å²) >= 11 is 0. The Morgan fingerprint density at radius 1 is 0.346 bits per heavy atom. The standard InChI is InChI=1S/C75H143NO5/c1-3-5-7-9-11-13-15-17-19-21-23-24-25-26-28-32-35-39-43-47-51-55-59-63-67-73(78)72(71-77)76-74(79)68-64-60-56-52-48-44-40-36-33-29-27-30-34-38-42-46-50-54-58-62-66-70-81-75(80)69-65-61-57-53-49-45-41-37-31-22-20-18-16-14-12-10-8-6-4-2/h12,14,18,20,29,33,72-73,77-78H,3-11,13,15-17,19,21-28,30-32,34-71H2,1-2H3,(H,76,79)/b14-12-,20-18-,33-29-. The molecular formula is C75H143NO5. The van der Waals surface area contributed by atoms with Gasteiger partial charge in [0, 0.05) is 12.8 Å². The first-order valence-corrected chi connectivity index (χ1v) is 36.7. The second-order valence-electron chi connectivity index (χ2n) is 25.3. The van der Waals surface area contributed by atoms with Crippen molar-refractivity contribution >= 4 is 11.9 Å². The molecule has 0 fully saturated rings. The molecule has 0 radical (unpaired) electrons. The Hall–Kier alpha value is -1.92. The highest BCUT2D eigenvalue weighted by atomic mass is 16.5. The summed E-state index contributed by atoms with van der Waals surface area (Å²) in [6.45, 7) is 4.96. The van der Waals surface area contributed by atoms with Gasteiger partial charge in [-0.2, -0.15) is 0 Å². The van der Waals surface area contributed by atoms with Gasteiger partial charge in [0.1, 0.15) is 0 Å². The molecule has 0 aliphatic carbocycles. The summed E-state index contributed by atoms with van der Waals surface area (Å²) in [6.07, 6.45) is 90.5. The molecule has 81 heavy (non-hydrogen) atoms. The van der Waals surface area contributed by atoms with E-state index in [4.69, 9.17) is 4.74 Å². The summed E-state index contributed by atoms with van der Waals surface area (Å²) in [5.74, 6) is -0.0330. The zero-order valence-corrected chi connectivity index (χ0v) is 54.8. The quantitative estimate of drug-likeness (QED) is 0.0320. The van der Waals surface area contributed by atoms with Gasteiger partial charge in [-0.25, -0.2) is 0 Å². The van der Waals surface area contributed by atoms with Crippen LogP contribution in [0.15, 0.2) is 36.5 Å². The van der Waals surface area contributed by atoms with Crippen molar-refractivity contribution in [2.45, 2.75) is 418 Å². The first-order chi connectivity index (χ1) is 40.0. The van der Waals surface area contributed by atoms with Crippen molar-refractivity contribution in [3.63, 3.8) is 0 Å². The summed E-state index contributed by atoms with van der Waals surface area (Å²) in [7, 11) is 0. The molecule has 0 rings (SSSR count). The van der Waals surface area contributed by atoms with E-state index >= 15 is 0 Å². The van der Waals surface area contributed by atoms with E-state index in [1.165, 1.54) is 321 Å². The lowest BCUT2D eigenvalue weighted by atomic mass is 10.0. The first kappa shape index (κ1) is 79.1. The Morgan fingerprint density at radius 2 is 0.617 bits per heavy atom. The third-order valence-electron chi connectivity index (χ3n) is 17.2. The molecule has 0 bridgehead atoms. The van der Waals surface area contributed by atoms with Crippen molar-refractivity contribution in [1.29, 1.82) is 0 Å². The van der Waals surface area contributed by atoms with Crippen LogP contribution in [0.2, 0.25) is 0 Å². The van der Waals surface area contributed by atoms with Crippen LogP contribution in [0.1, 0.15) is 406 Å². The molecular weight excluding hydrogens is 995 g/mol. The van der Waals surface area contributed by atoms with Crippen molar-refractivity contribution in [2.24, 2.45) is 0 Å². The molecule has 0 spiro atoms. The molecule has 0 aromatic rings. The summed E-state index contributed by atoms with van der Waals surface area (Å²) in [5, 5.41) is 23.4. The molecule has 0 aliphatic heterocycles. The topological polar surface area (TPSA) is 95.9 Å². The van der Waals surface area contributed by atoms with E-state index in [9.17, 15) is 19.8 Å². The number of nitrogens with one attached hydrogen (secondary N) is 1. The Balaban J connectivity index is 3.41. The number of unbranched alkanes of at least 4 members (excludes halogenated alkanes) is 52. The Kier molecular flexibility index (Phi) is 68.9. The lowest BCUT2D eigenvalue weighted by molar-refractivity contribution is -0.143. The number of hydrogen-bond donors (Lipinski definition) is 3. The molecule has 6 heteroatoms. The summed E-state index contributed by atoms with van der Waals surface area (Å²) in [5.41, 5.74) is 0. The van der Waals surface area contributed by atoms with Crippen molar-refractivity contribution in [3.8, 4) is 0 Å². The van der Waals surface area contributed by atoms with E-state index in [1.54, 1.807) is 0 Å². The molecule has 0 aromatic carbocycles. The Labute approximate surface area is 506 Å². The molecule has 478 valence electrons. The second kappa shape index (κ2) is 70.6. The molecule has 0 aliphatic rings. The number of ether oxygens (including phenoxy) is 1. The third kappa shape index (κ3) is 67.1. The van der Waals surface area contributed by atoms with Crippen LogP contribution < -0.4 is 5.32 Å². The summed E-state index contributed by atoms with van der Waals surface area (Å²) in [4.78, 5) is 24.7. The predicted molar refractivity (Wildman–Crippen MR) is 356 cm³/mol. The highest BCUT2D eigenvalue weighted by molar-refractivity contribution is 5.76. The Morgan fingerprint density at radius 3 is 0.975 bits per heavy atom. The number of aliphatic hydroxyl groups is 2. The Bertz CT molecular complexity index is 1310. The molecule has 6 nitrogen and oxygen atoms in total. The number of rotatable bonds is 69. The maximum absolute atomic E-state index is 12.6. The predicted octanol–water partition coefficient (Wildman–Crippen LogP) is 23.9. The minimum atomic E-state index is -0.671. The second-order valence-corrected chi connectivity index (χ2v) is 25.3. The van der Waals surface area contributed by atoms with E-state index in [2.05, 4.69) is 55.6 Å². The summed E-state index contributed by atoms with van der Waals surface area (Å²) in [6, 6.07) is -0.549. The van der Waals surface area contributed by atoms with Crippen molar-refractivity contribution < 1.29 is 24.5 Å². The van der Waals surface area contributed by atoms with E-state index in [0.717, 1.165) is 51.4 Å². The smallest absolute Gasteiger partial charge is 0.305 e. The highest BCUT2D eigenvalue weighted by Gasteiger charge is 2.20. The van der Waals surface area contributed by atoms with Crippen LogP contribution in [0, 0.1) is 0 Å². The minimum Gasteiger partial charge on any atom is -0.466 e. The van der Waals surface area contributed by atoms with Crippen LogP contribution >= 0.6 is 0 Å². The first-order valence-electron chi connectivity index (χ1n) is 36.7. The molecule has 2 atom stereocenters. The van der Waals surface area contributed by atoms with Gasteiger partial charge in [-0.1, -0.05) is 346 Å². The number of esters is 1. The van der Waals surface area contributed by atoms with Gasteiger partial charge in [-0.05, 0) is 83.5 Å².